The summed E-state index contributed by atoms with van der Waals surface area (Å²) in [5, 5.41) is 14.4. The fourth-order valence-corrected chi connectivity index (χ4v) is 2.45. The van der Waals surface area contributed by atoms with E-state index in [1.54, 1.807) is 18.9 Å². The van der Waals surface area contributed by atoms with E-state index in [-0.39, 0.29) is 11.5 Å². The van der Waals surface area contributed by atoms with E-state index < -0.39 is 6.10 Å². The first-order valence-electron chi connectivity index (χ1n) is 7.66. The summed E-state index contributed by atoms with van der Waals surface area (Å²) in [6.07, 6.45) is 1.48. The molecule has 23 heavy (non-hydrogen) atoms. The van der Waals surface area contributed by atoms with Crippen LogP contribution in [0.15, 0.2) is 24.3 Å². The Morgan fingerprint density at radius 3 is 2.87 bits per heavy atom. The van der Waals surface area contributed by atoms with Gasteiger partial charge in [-0.15, -0.1) is 11.8 Å². The van der Waals surface area contributed by atoms with Crippen LogP contribution in [0.3, 0.4) is 0 Å². The Morgan fingerprint density at radius 2 is 2.17 bits per heavy atom. The summed E-state index contributed by atoms with van der Waals surface area (Å²) in [7, 11) is 1.67. The highest BCUT2D eigenvalue weighted by atomic mass is 32.2. The van der Waals surface area contributed by atoms with Crippen LogP contribution in [0.2, 0.25) is 0 Å². The summed E-state index contributed by atoms with van der Waals surface area (Å²) >= 11 is 1.71. The number of ether oxygens (including phenoxy) is 2. The number of methoxy groups -OCH3 is 1. The van der Waals surface area contributed by atoms with Crippen molar-refractivity contribution in [1.29, 1.82) is 0 Å². The molecule has 5 nitrogen and oxygen atoms in total. The highest BCUT2D eigenvalue weighted by Crippen LogP contribution is 2.26. The van der Waals surface area contributed by atoms with E-state index in [4.69, 9.17) is 9.47 Å². The molecule has 0 spiro atoms. The molecule has 1 heterocycles. The number of hydrogen-bond donors (Lipinski definition) is 3. The highest BCUT2D eigenvalue weighted by Gasteiger charge is 2.17. The van der Waals surface area contributed by atoms with Crippen molar-refractivity contribution in [3.8, 4) is 5.75 Å². The third-order valence-corrected chi connectivity index (χ3v) is 4.85. The standard InChI is InChI=1S/C17H26N2O3S/c1-17(2,23-4)18-9-13(20)11-22-16-7-5-6-15-14(16)8-12(19-15)10-21-3/h5-8,13,18-20H,9-11H2,1-4H3. The summed E-state index contributed by atoms with van der Waals surface area (Å²) in [5.41, 5.74) is 2.01. The third-order valence-electron chi connectivity index (χ3n) is 3.68. The number of H-pyrrole nitrogens is 1. The smallest absolute Gasteiger partial charge is 0.128 e. The van der Waals surface area contributed by atoms with Gasteiger partial charge in [0, 0.05) is 30.3 Å². The summed E-state index contributed by atoms with van der Waals surface area (Å²) < 4.78 is 11.0. The average molecular weight is 338 g/mol. The molecule has 1 atom stereocenters. The molecule has 1 aromatic carbocycles. The van der Waals surface area contributed by atoms with Gasteiger partial charge < -0.3 is 24.9 Å². The van der Waals surface area contributed by atoms with Crippen molar-refractivity contribution < 1.29 is 14.6 Å². The fraction of sp³-hybridized carbons (Fsp3) is 0.529. The minimum Gasteiger partial charge on any atom is -0.490 e. The van der Waals surface area contributed by atoms with Crippen LogP contribution in [0.1, 0.15) is 19.5 Å². The highest BCUT2D eigenvalue weighted by molar-refractivity contribution is 7.99. The monoisotopic (exact) mass is 338 g/mol. The van der Waals surface area contributed by atoms with Gasteiger partial charge in [-0.3, -0.25) is 0 Å². The lowest BCUT2D eigenvalue weighted by Crippen LogP contribution is -2.42. The summed E-state index contributed by atoms with van der Waals surface area (Å²) in [4.78, 5) is 3.24. The van der Waals surface area contributed by atoms with Crippen LogP contribution in [0.5, 0.6) is 5.75 Å². The Bertz CT molecular complexity index is 627. The van der Waals surface area contributed by atoms with Crippen LogP contribution in [0, 0.1) is 0 Å². The molecular formula is C17H26N2O3S. The molecule has 0 saturated carbocycles. The van der Waals surface area contributed by atoms with Crippen LogP contribution >= 0.6 is 11.8 Å². The van der Waals surface area contributed by atoms with Gasteiger partial charge in [-0.05, 0) is 38.3 Å². The van der Waals surface area contributed by atoms with E-state index in [1.807, 2.05) is 30.5 Å². The average Bonchev–Trinajstić information content (AvgIpc) is 2.94. The van der Waals surface area contributed by atoms with Crippen molar-refractivity contribution in [3.63, 3.8) is 0 Å². The van der Waals surface area contributed by atoms with E-state index in [0.717, 1.165) is 22.3 Å². The van der Waals surface area contributed by atoms with E-state index in [9.17, 15) is 5.11 Å². The van der Waals surface area contributed by atoms with Crippen molar-refractivity contribution in [2.24, 2.45) is 0 Å². The Labute approximate surface area is 141 Å². The van der Waals surface area contributed by atoms with Gasteiger partial charge in [0.05, 0.1) is 11.5 Å². The van der Waals surface area contributed by atoms with Gasteiger partial charge in [-0.1, -0.05) is 6.07 Å². The van der Waals surface area contributed by atoms with E-state index in [1.165, 1.54) is 0 Å². The van der Waals surface area contributed by atoms with Crippen LogP contribution in [-0.4, -0.2) is 47.6 Å². The molecule has 6 heteroatoms. The second-order valence-electron chi connectivity index (χ2n) is 6.01. The molecule has 0 saturated heterocycles. The van der Waals surface area contributed by atoms with Crippen LogP contribution in [-0.2, 0) is 11.3 Å². The zero-order chi connectivity index (χ0) is 16.9. The molecule has 0 aliphatic rings. The molecule has 128 valence electrons. The second-order valence-corrected chi connectivity index (χ2v) is 7.43. The number of rotatable bonds is 9. The first kappa shape index (κ1) is 18.1. The quantitative estimate of drug-likeness (QED) is 0.614. The fourth-order valence-electron chi connectivity index (χ4n) is 2.22. The normalized spacial score (nSPS) is 13.4. The Balaban J connectivity index is 1.96. The van der Waals surface area contributed by atoms with Gasteiger partial charge in [0.15, 0.2) is 0 Å². The molecule has 2 aromatic rings. The van der Waals surface area contributed by atoms with Crippen LogP contribution in [0.25, 0.3) is 10.9 Å². The number of fused-ring (bicyclic) bond motifs is 1. The SMILES string of the molecule is COCc1cc2c(OCC(O)CNC(C)(C)SC)cccc2[nH]1. The molecule has 1 aromatic heterocycles. The molecule has 0 bridgehead atoms. The zero-order valence-electron chi connectivity index (χ0n) is 14.2. The Kier molecular flexibility index (Phi) is 6.35. The van der Waals surface area contributed by atoms with Crippen molar-refractivity contribution in [2.45, 2.75) is 31.4 Å². The number of aliphatic hydroxyl groups excluding tert-OH is 1. The van der Waals surface area contributed by atoms with Gasteiger partial charge in [0.2, 0.25) is 0 Å². The number of hydrogen-bond acceptors (Lipinski definition) is 5. The van der Waals surface area contributed by atoms with Crippen molar-refractivity contribution >= 4 is 22.7 Å². The van der Waals surface area contributed by atoms with E-state index in [0.29, 0.717) is 13.2 Å². The molecular weight excluding hydrogens is 312 g/mol. The first-order valence-corrected chi connectivity index (χ1v) is 8.88. The predicted octanol–water partition coefficient (Wildman–Crippen LogP) is 2.74. The maximum atomic E-state index is 10.1. The number of aromatic amines is 1. The maximum Gasteiger partial charge on any atom is 0.128 e. The lowest BCUT2D eigenvalue weighted by molar-refractivity contribution is 0.104. The maximum absolute atomic E-state index is 10.1. The van der Waals surface area contributed by atoms with Crippen LogP contribution < -0.4 is 10.1 Å². The molecule has 0 aliphatic heterocycles. The summed E-state index contributed by atoms with van der Waals surface area (Å²) in [5.74, 6) is 0.768. The predicted molar refractivity (Wildman–Crippen MR) is 96.1 cm³/mol. The molecule has 1 unspecified atom stereocenters. The lowest BCUT2D eigenvalue weighted by Gasteiger charge is -2.25. The molecule has 0 fully saturated rings. The molecule has 0 amide bonds. The molecule has 2 rings (SSSR count). The summed E-state index contributed by atoms with van der Waals surface area (Å²) in [6.45, 7) is 5.45. The van der Waals surface area contributed by atoms with Gasteiger partial charge in [-0.25, -0.2) is 0 Å². The molecule has 0 radical (unpaired) electrons. The number of nitrogens with one attached hydrogen (secondary N) is 2. The minimum atomic E-state index is -0.561. The van der Waals surface area contributed by atoms with Gasteiger partial charge in [0.1, 0.15) is 18.5 Å². The third kappa shape index (κ3) is 5.14. The van der Waals surface area contributed by atoms with Crippen LogP contribution in [0.4, 0.5) is 0 Å². The van der Waals surface area contributed by atoms with Gasteiger partial charge in [-0.2, -0.15) is 0 Å². The van der Waals surface area contributed by atoms with E-state index in [2.05, 4.69) is 24.1 Å². The van der Waals surface area contributed by atoms with E-state index >= 15 is 0 Å². The Morgan fingerprint density at radius 1 is 1.39 bits per heavy atom. The summed E-state index contributed by atoms with van der Waals surface area (Å²) in [6, 6.07) is 7.88. The molecule has 0 aliphatic carbocycles. The first-order chi connectivity index (χ1) is 10.9. The van der Waals surface area contributed by atoms with Crippen molar-refractivity contribution in [3.05, 3.63) is 30.0 Å². The zero-order valence-corrected chi connectivity index (χ0v) is 15.0. The Hall–Kier alpha value is -1.21. The second kappa shape index (κ2) is 8.06. The number of aliphatic hydroxyl groups is 1. The number of aromatic nitrogens is 1. The van der Waals surface area contributed by atoms with Crippen molar-refractivity contribution in [2.75, 3.05) is 26.5 Å². The number of thioether (sulfide) groups is 1. The van der Waals surface area contributed by atoms with Crippen molar-refractivity contribution in [1.82, 2.24) is 10.3 Å². The largest absolute Gasteiger partial charge is 0.490 e. The number of benzene rings is 1. The van der Waals surface area contributed by atoms with Gasteiger partial charge in [0.25, 0.3) is 0 Å². The topological polar surface area (TPSA) is 66.5 Å². The van der Waals surface area contributed by atoms with Gasteiger partial charge >= 0.3 is 0 Å². The lowest BCUT2D eigenvalue weighted by atomic mass is 10.2. The molecule has 3 N–H and O–H groups in total. The minimum absolute atomic E-state index is 0.0588.